The van der Waals surface area contributed by atoms with Crippen LogP contribution >= 0.6 is 0 Å². The van der Waals surface area contributed by atoms with Gasteiger partial charge in [0.05, 0.1) is 0 Å². The summed E-state index contributed by atoms with van der Waals surface area (Å²) in [4.78, 5) is 2.25. The van der Waals surface area contributed by atoms with Gasteiger partial charge >= 0.3 is 0 Å². The maximum atomic E-state index is 3.47. The molecule has 0 amide bonds. The molecule has 0 fully saturated rings. The number of hydrogen-bond donors (Lipinski definition) is 1. The predicted octanol–water partition coefficient (Wildman–Crippen LogP) is 2.12. The lowest BCUT2D eigenvalue weighted by atomic mass is 9.82. The molecule has 2 heteroatoms. The van der Waals surface area contributed by atoms with Crippen LogP contribution in [0.3, 0.4) is 0 Å². The zero-order valence-electron chi connectivity index (χ0n) is 11.0. The highest BCUT2D eigenvalue weighted by Gasteiger charge is 2.26. The Hall–Kier alpha value is -0.860. The summed E-state index contributed by atoms with van der Waals surface area (Å²) in [5.41, 5.74) is 1.59. The average Bonchev–Trinajstić information content (AvgIpc) is 2.27. The molecule has 1 N–H and O–H groups in total. The molecule has 0 aliphatic heterocycles. The largest absolute Gasteiger partial charge is 0.316 e. The summed E-state index contributed by atoms with van der Waals surface area (Å²) in [7, 11) is 4.26. The van der Waals surface area contributed by atoms with Gasteiger partial charge in [-0.05, 0) is 26.2 Å². The zero-order chi connectivity index (χ0) is 12.0. The minimum Gasteiger partial charge on any atom is -0.316 e. The number of rotatable bonds is 6. The molecule has 0 heterocycles. The van der Waals surface area contributed by atoms with Crippen LogP contribution < -0.4 is 5.32 Å². The summed E-state index contributed by atoms with van der Waals surface area (Å²) in [5, 5.41) is 3.47. The molecule has 0 aliphatic carbocycles. The van der Waals surface area contributed by atoms with Crippen molar-refractivity contribution in [2.24, 2.45) is 0 Å². The first-order valence-electron chi connectivity index (χ1n) is 5.99. The van der Waals surface area contributed by atoms with Gasteiger partial charge in [0, 0.05) is 18.5 Å². The molecule has 1 unspecified atom stereocenters. The quantitative estimate of drug-likeness (QED) is 0.790. The van der Waals surface area contributed by atoms with E-state index in [1.54, 1.807) is 0 Å². The van der Waals surface area contributed by atoms with Gasteiger partial charge in [0.2, 0.25) is 0 Å². The number of likely N-dealkylation sites (N-methyl/N-ethyl adjacent to an activating group) is 2. The van der Waals surface area contributed by atoms with Crippen LogP contribution in [0.15, 0.2) is 30.3 Å². The summed E-state index contributed by atoms with van der Waals surface area (Å²) in [6.07, 6.45) is 0. The molecule has 0 aromatic heterocycles. The Morgan fingerprint density at radius 1 is 1.19 bits per heavy atom. The summed E-state index contributed by atoms with van der Waals surface area (Å²) in [5.74, 6) is 0. The van der Waals surface area contributed by atoms with Gasteiger partial charge in [-0.25, -0.2) is 0 Å². The molecule has 0 spiro atoms. The molecule has 1 aromatic carbocycles. The number of benzene rings is 1. The first kappa shape index (κ1) is 13.2. The summed E-state index contributed by atoms with van der Waals surface area (Å²) in [6.45, 7) is 7.58. The van der Waals surface area contributed by atoms with E-state index in [1.807, 2.05) is 0 Å². The fourth-order valence-electron chi connectivity index (χ4n) is 2.19. The van der Waals surface area contributed by atoms with E-state index in [0.717, 1.165) is 19.6 Å². The van der Waals surface area contributed by atoms with Crippen LogP contribution in [0.25, 0.3) is 0 Å². The third-order valence-electron chi connectivity index (χ3n) is 2.90. The fourth-order valence-corrected chi connectivity index (χ4v) is 2.19. The van der Waals surface area contributed by atoms with Crippen molar-refractivity contribution in [2.75, 3.05) is 33.7 Å². The van der Waals surface area contributed by atoms with Crippen LogP contribution in [0.2, 0.25) is 0 Å². The molecule has 1 rings (SSSR count). The van der Waals surface area contributed by atoms with Gasteiger partial charge in [0.15, 0.2) is 0 Å². The van der Waals surface area contributed by atoms with Gasteiger partial charge in [-0.3, -0.25) is 0 Å². The predicted molar refractivity (Wildman–Crippen MR) is 70.9 cm³/mol. The van der Waals surface area contributed by atoms with Crippen molar-refractivity contribution in [3.8, 4) is 0 Å². The normalized spacial score (nSPS) is 15.1. The molecular weight excluding hydrogens is 196 g/mol. The van der Waals surface area contributed by atoms with E-state index in [1.165, 1.54) is 5.56 Å². The third-order valence-corrected chi connectivity index (χ3v) is 2.90. The van der Waals surface area contributed by atoms with Crippen LogP contribution in [-0.2, 0) is 5.41 Å². The Labute approximate surface area is 99.7 Å². The third kappa shape index (κ3) is 3.62. The highest BCUT2D eigenvalue weighted by Crippen LogP contribution is 2.23. The van der Waals surface area contributed by atoms with Gasteiger partial charge in [-0.1, -0.05) is 44.2 Å². The molecular formula is C14H24N2. The Morgan fingerprint density at radius 3 is 2.31 bits per heavy atom. The lowest BCUT2D eigenvalue weighted by molar-refractivity contribution is 0.289. The number of hydrogen-bond acceptors (Lipinski definition) is 2. The molecule has 0 saturated carbocycles. The van der Waals surface area contributed by atoms with Crippen molar-refractivity contribution >= 4 is 0 Å². The number of nitrogens with zero attached hydrogens (tertiary/aromatic N) is 1. The van der Waals surface area contributed by atoms with Gasteiger partial charge in [0.1, 0.15) is 0 Å². The van der Waals surface area contributed by atoms with Gasteiger partial charge in [-0.2, -0.15) is 0 Å². The Bertz CT molecular complexity index is 295. The first-order valence-corrected chi connectivity index (χ1v) is 5.99. The summed E-state index contributed by atoms with van der Waals surface area (Å²) in [6, 6.07) is 10.8. The molecule has 2 nitrogen and oxygen atoms in total. The topological polar surface area (TPSA) is 15.3 Å². The van der Waals surface area contributed by atoms with Gasteiger partial charge < -0.3 is 10.2 Å². The highest BCUT2D eigenvalue weighted by molar-refractivity contribution is 5.25. The van der Waals surface area contributed by atoms with Crippen LogP contribution in [0.4, 0.5) is 0 Å². The summed E-state index contributed by atoms with van der Waals surface area (Å²) >= 11 is 0. The van der Waals surface area contributed by atoms with Crippen LogP contribution in [0.5, 0.6) is 0 Å². The number of nitrogens with one attached hydrogen (secondary N) is 1. The SMILES string of the molecule is CCNCC(C)(CN(C)C)c1ccccc1. The monoisotopic (exact) mass is 220 g/mol. The van der Waals surface area contributed by atoms with Crippen molar-refractivity contribution in [3.63, 3.8) is 0 Å². The van der Waals surface area contributed by atoms with E-state index in [9.17, 15) is 0 Å². The second-order valence-electron chi connectivity index (χ2n) is 4.94. The molecule has 0 bridgehead atoms. The van der Waals surface area contributed by atoms with Crippen molar-refractivity contribution in [1.82, 2.24) is 10.2 Å². The zero-order valence-corrected chi connectivity index (χ0v) is 11.0. The lowest BCUT2D eigenvalue weighted by Crippen LogP contribution is -2.43. The molecule has 90 valence electrons. The highest BCUT2D eigenvalue weighted by atomic mass is 15.1. The van der Waals surface area contributed by atoms with Crippen molar-refractivity contribution in [1.29, 1.82) is 0 Å². The molecule has 0 radical (unpaired) electrons. The van der Waals surface area contributed by atoms with E-state index < -0.39 is 0 Å². The molecule has 1 aromatic rings. The van der Waals surface area contributed by atoms with Crippen LogP contribution in [0.1, 0.15) is 19.4 Å². The van der Waals surface area contributed by atoms with E-state index >= 15 is 0 Å². The van der Waals surface area contributed by atoms with E-state index in [2.05, 4.69) is 68.5 Å². The fraction of sp³-hybridized carbons (Fsp3) is 0.571. The smallest absolute Gasteiger partial charge is 0.0176 e. The Kier molecular flexibility index (Phi) is 4.97. The van der Waals surface area contributed by atoms with Crippen LogP contribution in [-0.4, -0.2) is 38.6 Å². The molecule has 0 saturated heterocycles. The summed E-state index contributed by atoms with van der Waals surface area (Å²) < 4.78 is 0. The minimum atomic E-state index is 0.181. The van der Waals surface area contributed by atoms with E-state index in [0.29, 0.717) is 0 Å². The second kappa shape index (κ2) is 6.02. The van der Waals surface area contributed by atoms with E-state index in [-0.39, 0.29) is 5.41 Å². The van der Waals surface area contributed by atoms with Gasteiger partial charge in [0.25, 0.3) is 0 Å². The average molecular weight is 220 g/mol. The minimum absolute atomic E-state index is 0.181. The van der Waals surface area contributed by atoms with Crippen molar-refractivity contribution in [3.05, 3.63) is 35.9 Å². The second-order valence-corrected chi connectivity index (χ2v) is 4.94. The Balaban J connectivity index is 2.85. The first-order chi connectivity index (χ1) is 7.58. The maximum Gasteiger partial charge on any atom is 0.0176 e. The van der Waals surface area contributed by atoms with Crippen molar-refractivity contribution < 1.29 is 0 Å². The lowest BCUT2D eigenvalue weighted by Gasteiger charge is -2.33. The standard InChI is InChI=1S/C14H24N2/c1-5-15-11-14(2,12-16(3)4)13-9-7-6-8-10-13/h6-10,15H,5,11-12H2,1-4H3. The van der Waals surface area contributed by atoms with E-state index in [4.69, 9.17) is 0 Å². The van der Waals surface area contributed by atoms with Crippen molar-refractivity contribution in [2.45, 2.75) is 19.3 Å². The van der Waals surface area contributed by atoms with Gasteiger partial charge in [-0.15, -0.1) is 0 Å². The maximum absolute atomic E-state index is 3.47. The molecule has 1 atom stereocenters. The Morgan fingerprint density at radius 2 is 1.81 bits per heavy atom. The molecule has 16 heavy (non-hydrogen) atoms. The molecule has 0 aliphatic rings. The van der Waals surface area contributed by atoms with Crippen LogP contribution in [0, 0.1) is 0 Å².